The van der Waals surface area contributed by atoms with Crippen LogP contribution in [0.1, 0.15) is 37.9 Å². The van der Waals surface area contributed by atoms with Gasteiger partial charge in [-0.05, 0) is 51.1 Å². The number of likely N-dealkylation sites (N-methyl/N-ethyl adjacent to an activating group) is 1. The Balaban J connectivity index is 2.00. The largest absolute Gasteiger partial charge is 0.389 e. The van der Waals surface area contributed by atoms with Crippen molar-refractivity contribution in [3.8, 4) is 0 Å². The summed E-state index contributed by atoms with van der Waals surface area (Å²) in [5.41, 5.74) is 0.709. The van der Waals surface area contributed by atoms with Crippen LogP contribution in [0.4, 0.5) is 0 Å². The second-order valence-corrected chi connectivity index (χ2v) is 7.49. The number of aliphatic hydroxyl groups excluding tert-OH is 1. The van der Waals surface area contributed by atoms with Crippen molar-refractivity contribution in [3.05, 3.63) is 29.8 Å². The van der Waals surface area contributed by atoms with E-state index in [-0.39, 0.29) is 10.9 Å². The molecule has 118 valence electrons. The fourth-order valence-electron chi connectivity index (χ4n) is 2.62. The van der Waals surface area contributed by atoms with E-state index in [0.29, 0.717) is 12.1 Å². The fourth-order valence-corrected chi connectivity index (χ4v) is 3.69. The van der Waals surface area contributed by atoms with E-state index < -0.39 is 16.1 Å². The maximum absolute atomic E-state index is 12.3. The molecule has 2 rings (SSSR count). The molecule has 0 aliphatic carbocycles. The van der Waals surface area contributed by atoms with Crippen molar-refractivity contribution in [2.45, 2.75) is 43.2 Å². The minimum atomic E-state index is -3.48. The van der Waals surface area contributed by atoms with Crippen LogP contribution in [-0.4, -0.2) is 44.6 Å². The first-order valence-corrected chi connectivity index (χ1v) is 8.86. The summed E-state index contributed by atoms with van der Waals surface area (Å²) in [4.78, 5) is 2.45. The van der Waals surface area contributed by atoms with E-state index in [4.69, 9.17) is 0 Å². The van der Waals surface area contributed by atoms with Crippen LogP contribution in [0.25, 0.3) is 0 Å². The Hall–Kier alpha value is -0.950. The van der Waals surface area contributed by atoms with Crippen LogP contribution in [0, 0.1) is 0 Å². The van der Waals surface area contributed by atoms with Gasteiger partial charge in [-0.3, -0.25) is 0 Å². The van der Waals surface area contributed by atoms with E-state index in [2.05, 4.69) is 9.62 Å². The summed E-state index contributed by atoms with van der Waals surface area (Å²) in [5, 5.41) is 9.45. The normalized spacial score (nSPS) is 22.1. The number of benzene rings is 1. The summed E-state index contributed by atoms with van der Waals surface area (Å²) in [6.07, 6.45) is 2.77. The van der Waals surface area contributed by atoms with Gasteiger partial charge < -0.3 is 10.0 Å². The highest BCUT2D eigenvalue weighted by Crippen LogP contribution is 2.17. The zero-order chi connectivity index (χ0) is 15.5. The molecule has 21 heavy (non-hydrogen) atoms. The summed E-state index contributed by atoms with van der Waals surface area (Å²) in [6, 6.07) is 6.63. The van der Waals surface area contributed by atoms with Crippen LogP contribution in [0.2, 0.25) is 0 Å². The zero-order valence-electron chi connectivity index (χ0n) is 12.6. The first-order chi connectivity index (χ1) is 9.90. The van der Waals surface area contributed by atoms with Crippen molar-refractivity contribution in [2.24, 2.45) is 0 Å². The second-order valence-electron chi connectivity index (χ2n) is 5.73. The smallest absolute Gasteiger partial charge is 0.240 e. The number of hydrogen-bond donors (Lipinski definition) is 2. The topological polar surface area (TPSA) is 69.6 Å². The Labute approximate surface area is 127 Å². The summed E-state index contributed by atoms with van der Waals surface area (Å²) in [6.45, 7) is 3.12. The summed E-state index contributed by atoms with van der Waals surface area (Å²) in [5.74, 6) is 0. The van der Waals surface area contributed by atoms with E-state index in [0.717, 1.165) is 19.4 Å². The van der Waals surface area contributed by atoms with Gasteiger partial charge >= 0.3 is 0 Å². The number of hydrogen-bond acceptors (Lipinski definition) is 4. The van der Waals surface area contributed by atoms with Crippen molar-refractivity contribution < 1.29 is 13.5 Å². The molecule has 0 aromatic heterocycles. The van der Waals surface area contributed by atoms with Gasteiger partial charge in [0.05, 0.1) is 11.0 Å². The summed E-state index contributed by atoms with van der Waals surface area (Å²) < 4.78 is 27.2. The third kappa shape index (κ3) is 4.26. The number of piperidine rings is 1. The molecule has 0 bridgehead atoms. The van der Waals surface area contributed by atoms with Gasteiger partial charge in [0.2, 0.25) is 10.0 Å². The molecule has 0 amide bonds. The van der Waals surface area contributed by atoms with E-state index >= 15 is 0 Å². The highest BCUT2D eigenvalue weighted by atomic mass is 32.2. The van der Waals surface area contributed by atoms with Gasteiger partial charge in [0, 0.05) is 12.6 Å². The van der Waals surface area contributed by atoms with E-state index in [9.17, 15) is 13.5 Å². The van der Waals surface area contributed by atoms with Crippen molar-refractivity contribution in [1.29, 1.82) is 0 Å². The van der Waals surface area contributed by atoms with Gasteiger partial charge in [-0.2, -0.15) is 0 Å². The average Bonchev–Trinajstić information content (AvgIpc) is 2.46. The average molecular weight is 312 g/mol. The van der Waals surface area contributed by atoms with E-state index in [1.54, 1.807) is 19.1 Å². The molecular formula is C15H24N2O3S. The lowest BCUT2D eigenvalue weighted by Crippen LogP contribution is -2.44. The lowest BCUT2D eigenvalue weighted by atomic mass is 10.0. The monoisotopic (exact) mass is 312 g/mol. The van der Waals surface area contributed by atoms with Crippen LogP contribution < -0.4 is 4.72 Å². The van der Waals surface area contributed by atoms with Gasteiger partial charge in [0.25, 0.3) is 0 Å². The molecule has 1 aliphatic heterocycles. The Kier molecular flexibility index (Phi) is 5.37. The van der Waals surface area contributed by atoms with E-state index in [1.165, 1.54) is 18.6 Å². The molecule has 1 aromatic carbocycles. The summed E-state index contributed by atoms with van der Waals surface area (Å²) >= 11 is 0. The molecule has 1 aromatic rings. The van der Waals surface area contributed by atoms with Crippen molar-refractivity contribution in [3.63, 3.8) is 0 Å². The molecule has 1 heterocycles. The lowest BCUT2D eigenvalue weighted by Gasteiger charge is -2.32. The molecule has 2 N–H and O–H groups in total. The maximum Gasteiger partial charge on any atom is 0.240 e. The molecule has 6 heteroatoms. The lowest BCUT2D eigenvalue weighted by molar-refractivity contribution is 0.187. The van der Waals surface area contributed by atoms with E-state index in [1.807, 2.05) is 7.05 Å². The van der Waals surface area contributed by atoms with Gasteiger partial charge in [0.15, 0.2) is 0 Å². The highest BCUT2D eigenvalue weighted by Gasteiger charge is 2.22. The molecule has 0 radical (unpaired) electrons. The molecule has 1 saturated heterocycles. The predicted octanol–water partition coefficient (Wildman–Crippen LogP) is 1.50. The Morgan fingerprint density at radius 1 is 1.33 bits per heavy atom. The Morgan fingerprint density at radius 3 is 2.57 bits per heavy atom. The standard InChI is InChI=1S/C15H24N2O3S/c1-12(18)13-6-8-15(9-7-13)21(19,20)16-11-14-5-3-4-10-17(14)2/h6-9,12,14,16,18H,3-5,10-11H2,1-2H3. The molecule has 2 atom stereocenters. The number of aliphatic hydroxyl groups is 1. The third-order valence-corrected chi connectivity index (χ3v) is 5.54. The van der Waals surface area contributed by atoms with Gasteiger partial charge in [-0.15, -0.1) is 0 Å². The first-order valence-electron chi connectivity index (χ1n) is 7.38. The Morgan fingerprint density at radius 2 is 2.00 bits per heavy atom. The predicted molar refractivity (Wildman–Crippen MR) is 82.5 cm³/mol. The quantitative estimate of drug-likeness (QED) is 0.864. The molecule has 0 saturated carbocycles. The van der Waals surface area contributed by atoms with Gasteiger partial charge in [-0.1, -0.05) is 18.6 Å². The maximum atomic E-state index is 12.3. The van der Waals surface area contributed by atoms with Crippen molar-refractivity contribution in [1.82, 2.24) is 9.62 Å². The van der Waals surface area contributed by atoms with Crippen LogP contribution in [-0.2, 0) is 10.0 Å². The number of nitrogens with one attached hydrogen (secondary N) is 1. The minimum Gasteiger partial charge on any atom is -0.389 e. The van der Waals surface area contributed by atoms with Crippen LogP contribution in [0.3, 0.4) is 0 Å². The SMILES string of the molecule is CC(O)c1ccc(S(=O)(=O)NCC2CCCCN2C)cc1. The van der Waals surface area contributed by atoms with Gasteiger partial charge in [-0.25, -0.2) is 13.1 Å². The number of likely N-dealkylation sites (tertiary alicyclic amines) is 1. The molecule has 0 spiro atoms. The molecule has 1 fully saturated rings. The number of rotatable bonds is 5. The molecule has 1 aliphatic rings. The van der Waals surface area contributed by atoms with Gasteiger partial charge in [0.1, 0.15) is 0 Å². The third-order valence-electron chi connectivity index (χ3n) is 4.10. The zero-order valence-corrected chi connectivity index (χ0v) is 13.4. The fraction of sp³-hybridized carbons (Fsp3) is 0.600. The van der Waals surface area contributed by atoms with Crippen molar-refractivity contribution >= 4 is 10.0 Å². The minimum absolute atomic E-state index is 0.241. The Bertz CT molecular complexity index is 555. The number of sulfonamides is 1. The van der Waals surface area contributed by atoms with Crippen LogP contribution in [0.5, 0.6) is 0 Å². The number of nitrogens with zero attached hydrogens (tertiary/aromatic N) is 1. The van der Waals surface area contributed by atoms with Crippen molar-refractivity contribution in [2.75, 3.05) is 20.1 Å². The summed E-state index contributed by atoms with van der Waals surface area (Å²) in [7, 11) is -1.45. The first kappa shape index (κ1) is 16.4. The highest BCUT2D eigenvalue weighted by molar-refractivity contribution is 7.89. The van der Waals surface area contributed by atoms with Crippen LogP contribution in [0.15, 0.2) is 29.2 Å². The van der Waals surface area contributed by atoms with Crippen LogP contribution >= 0.6 is 0 Å². The molecular weight excluding hydrogens is 288 g/mol. The molecule has 5 nitrogen and oxygen atoms in total. The second kappa shape index (κ2) is 6.87. The molecule has 2 unspecified atom stereocenters.